The molecule has 3 aliphatic rings. The number of nitrogens with one attached hydrogen (secondary N) is 1. The molecule has 2 nitrogen and oxygen atoms in total. The van der Waals surface area contributed by atoms with Crippen molar-refractivity contribution in [2.45, 2.75) is 64.0 Å². The van der Waals surface area contributed by atoms with Crippen LogP contribution in [0.5, 0.6) is 0 Å². The smallest absolute Gasteiger partial charge is 0.0249 e. The molecule has 0 aromatic heterocycles. The van der Waals surface area contributed by atoms with E-state index in [1.165, 1.54) is 64.6 Å². The number of nitrogens with zero attached hydrogens (tertiary/aromatic N) is 1. The molecule has 0 aromatic rings. The van der Waals surface area contributed by atoms with E-state index in [2.05, 4.69) is 17.1 Å². The van der Waals surface area contributed by atoms with Crippen LogP contribution in [0.1, 0.15) is 51.9 Å². The molecule has 2 unspecified atom stereocenters. The molecule has 1 N–H and O–H groups in total. The average molecular weight is 236 g/mol. The van der Waals surface area contributed by atoms with Gasteiger partial charge in [-0.05, 0) is 50.5 Å². The molecule has 1 heterocycles. The van der Waals surface area contributed by atoms with Crippen molar-refractivity contribution in [1.82, 2.24) is 10.2 Å². The van der Waals surface area contributed by atoms with E-state index < -0.39 is 0 Å². The molecule has 1 aliphatic heterocycles. The highest BCUT2D eigenvalue weighted by Crippen LogP contribution is 2.39. The average Bonchev–Trinajstić information content (AvgIpc) is 3.19. The minimum atomic E-state index is 0.826. The standard InChI is InChI=1S/C15H28N2/c1-2-3-4-9-17-11-14(12-5-6-12)16-10-15(17)13-7-8-13/h12-16H,2-11H2,1H3. The van der Waals surface area contributed by atoms with Gasteiger partial charge in [0.05, 0.1) is 0 Å². The number of hydrogen-bond donors (Lipinski definition) is 1. The lowest BCUT2D eigenvalue weighted by Crippen LogP contribution is -2.58. The molecule has 0 bridgehead atoms. The van der Waals surface area contributed by atoms with Crippen LogP contribution < -0.4 is 5.32 Å². The Balaban J connectivity index is 1.52. The van der Waals surface area contributed by atoms with Crippen LogP contribution in [0.15, 0.2) is 0 Å². The molecule has 1 saturated heterocycles. The van der Waals surface area contributed by atoms with Crippen LogP contribution in [0.3, 0.4) is 0 Å². The molecule has 98 valence electrons. The molecule has 3 rings (SSSR count). The maximum atomic E-state index is 3.83. The lowest BCUT2D eigenvalue weighted by molar-refractivity contribution is 0.106. The van der Waals surface area contributed by atoms with Crippen LogP contribution >= 0.6 is 0 Å². The molecule has 0 amide bonds. The van der Waals surface area contributed by atoms with Gasteiger partial charge in [-0.25, -0.2) is 0 Å². The number of unbranched alkanes of at least 4 members (excludes halogenated alkanes) is 2. The predicted molar refractivity (Wildman–Crippen MR) is 72.1 cm³/mol. The second-order valence-electron chi connectivity index (χ2n) is 6.46. The Hall–Kier alpha value is -0.0800. The molecule has 2 aliphatic carbocycles. The van der Waals surface area contributed by atoms with E-state index in [1.54, 1.807) is 0 Å². The Kier molecular flexibility index (Phi) is 3.72. The largest absolute Gasteiger partial charge is 0.311 e. The minimum absolute atomic E-state index is 0.826. The van der Waals surface area contributed by atoms with Crippen molar-refractivity contribution in [1.29, 1.82) is 0 Å². The van der Waals surface area contributed by atoms with Crippen molar-refractivity contribution in [3.8, 4) is 0 Å². The van der Waals surface area contributed by atoms with Crippen molar-refractivity contribution in [3.63, 3.8) is 0 Å². The zero-order valence-corrected chi connectivity index (χ0v) is 11.3. The van der Waals surface area contributed by atoms with Gasteiger partial charge in [-0.2, -0.15) is 0 Å². The summed E-state index contributed by atoms with van der Waals surface area (Å²) < 4.78 is 0. The molecule has 2 heteroatoms. The van der Waals surface area contributed by atoms with Gasteiger partial charge >= 0.3 is 0 Å². The third-order valence-corrected chi connectivity index (χ3v) is 4.90. The van der Waals surface area contributed by atoms with Crippen molar-refractivity contribution in [2.24, 2.45) is 11.8 Å². The predicted octanol–water partition coefficient (Wildman–Crippen LogP) is 2.64. The molecule has 3 fully saturated rings. The summed E-state index contributed by atoms with van der Waals surface area (Å²) in [5.74, 6) is 2.05. The summed E-state index contributed by atoms with van der Waals surface area (Å²) in [5.41, 5.74) is 0. The number of hydrogen-bond acceptors (Lipinski definition) is 2. The zero-order valence-electron chi connectivity index (χ0n) is 11.3. The number of piperazine rings is 1. The summed E-state index contributed by atoms with van der Waals surface area (Å²) in [4.78, 5) is 2.84. The Morgan fingerprint density at radius 1 is 1.06 bits per heavy atom. The van der Waals surface area contributed by atoms with Gasteiger partial charge in [0.2, 0.25) is 0 Å². The van der Waals surface area contributed by atoms with Crippen LogP contribution in [0, 0.1) is 11.8 Å². The first-order chi connectivity index (χ1) is 8.38. The van der Waals surface area contributed by atoms with Gasteiger partial charge < -0.3 is 5.32 Å². The molecule has 0 aromatic carbocycles. The first kappa shape index (κ1) is 12.0. The highest BCUT2D eigenvalue weighted by atomic mass is 15.2. The first-order valence-electron chi connectivity index (χ1n) is 7.86. The molecular formula is C15H28N2. The maximum absolute atomic E-state index is 3.83. The van der Waals surface area contributed by atoms with Crippen LogP contribution in [-0.4, -0.2) is 36.6 Å². The van der Waals surface area contributed by atoms with Gasteiger partial charge in [0.1, 0.15) is 0 Å². The van der Waals surface area contributed by atoms with Crippen LogP contribution in [0.25, 0.3) is 0 Å². The first-order valence-corrected chi connectivity index (χ1v) is 7.86. The summed E-state index contributed by atoms with van der Waals surface area (Å²) in [6.07, 6.45) is 10.1. The molecule has 0 spiro atoms. The van der Waals surface area contributed by atoms with E-state index in [0.29, 0.717) is 0 Å². The van der Waals surface area contributed by atoms with Gasteiger partial charge in [-0.3, -0.25) is 4.90 Å². The van der Waals surface area contributed by atoms with E-state index in [4.69, 9.17) is 0 Å². The Morgan fingerprint density at radius 2 is 1.82 bits per heavy atom. The highest BCUT2D eigenvalue weighted by molar-refractivity contribution is 4.98. The van der Waals surface area contributed by atoms with Crippen molar-refractivity contribution < 1.29 is 0 Å². The van der Waals surface area contributed by atoms with Crippen molar-refractivity contribution in [2.75, 3.05) is 19.6 Å². The normalized spacial score (nSPS) is 35.1. The van der Waals surface area contributed by atoms with E-state index in [9.17, 15) is 0 Å². The molecule has 2 atom stereocenters. The summed E-state index contributed by atoms with van der Waals surface area (Å²) in [6.45, 7) is 6.29. The maximum Gasteiger partial charge on any atom is 0.0249 e. The molecule has 17 heavy (non-hydrogen) atoms. The van der Waals surface area contributed by atoms with Gasteiger partial charge in [0, 0.05) is 25.2 Å². The third-order valence-electron chi connectivity index (χ3n) is 4.90. The molecule has 0 radical (unpaired) electrons. The summed E-state index contributed by atoms with van der Waals surface area (Å²) in [6, 6.07) is 1.70. The second-order valence-corrected chi connectivity index (χ2v) is 6.46. The Bertz CT molecular complexity index is 245. The topological polar surface area (TPSA) is 15.3 Å². The fraction of sp³-hybridized carbons (Fsp3) is 1.00. The summed E-state index contributed by atoms with van der Waals surface area (Å²) in [5, 5.41) is 3.83. The van der Waals surface area contributed by atoms with Crippen LogP contribution in [0.4, 0.5) is 0 Å². The lowest BCUT2D eigenvalue weighted by atomic mass is 10.0. The van der Waals surface area contributed by atoms with Crippen LogP contribution in [-0.2, 0) is 0 Å². The molecular weight excluding hydrogens is 208 g/mol. The Labute approximate surface area is 106 Å². The van der Waals surface area contributed by atoms with E-state index in [-0.39, 0.29) is 0 Å². The zero-order chi connectivity index (χ0) is 11.7. The SMILES string of the molecule is CCCCCN1CC(C2CC2)NCC1C1CC1. The van der Waals surface area contributed by atoms with Gasteiger partial charge in [-0.15, -0.1) is 0 Å². The fourth-order valence-corrected chi connectivity index (χ4v) is 3.44. The van der Waals surface area contributed by atoms with Crippen LogP contribution in [0.2, 0.25) is 0 Å². The van der Waals surface area contributed by atoms with Crippen molar-refractivity contribution in [3.05, 3.63) is 0 Å². The van der Waals surface area contributed by atoms with Gasteiger partial charge in [0.15, 0.2) is 0 Å². The minimum Gasteiger partial charge on any atom is -0.311 e. The second kappa shape index (κ2) is 5.27. The lowest BCUT2D eigenvalue weighted by Gasteiger charge is -2.41. The van der Waals surface area contributed by atoms with E-state index in [0.717, 1.165) is 23.9 Å². The van der Waals surface area contributed by atoms with Gasteiger partial charge in [-0.1, -0.05) is 19.8 Å². The Morgan fingerprint density at radius 3 is 2.47 bits per heavy atom. The summed E-state index contributed by atoms with van der Waals surface area (Å²) in [7, 11) is 0. The molecule has 2 saturated carbocycles. The fourth-order valence-electron chi connectivity index (χ4n) is 3.44. The number of rotatable bonds is 6. The van der Waals surface area contributed by atoms with Gasteiger partial charge in [0.25, 0.3) is 0 Å². The third kappa shape index (κ3) is 3.03. The summed E-state index contributed by atoms with van der Waals surface area (Å²) >= 11 is 0. The highest BCUT2D eigenvalue weighted by Gasteiger charge is 2.41. The van der Waals surface area contributed by atoms with E-state index in [1.807, 2.05) is 0 Å². The quantitative estimate of drug-likeness (QED) is 0.713. The van der Waals surface area contributed by atoms with Crippen molar-refractivity contribution >= 4 is 0 Å². The monoisotopic (exact) mass is 236 g/mol. The van der Waals surface area contributed by atoms with E-state index >= 15 is 0 Å².